The fourth-order valence-corrected chi connectivity index (χ4v) is 3.69. The van der Waals surface area contributed by atoms with Crippen molar-refractivity contribution in [3.05, 3.63) is 22.8 Å². The number of hydrogen-bond acceptors (Lipinski definition) is 4. The zero-order valence-electron chi connectivity index (χ0n) is 14.0. The number of aromatic nitrogens is 1. The van der Waals surface area contributed by atoms with E-state index in [9.17, 15) is 18.0 Å². The zero-order valence-corrected chi connectivity index (χ0v) is 15.6. The first-order valence-corrected chi connectivity index (χ1v) is 8.65. The van der Waals surface area contributed by atoms with Crippen LogP contribution in [0.4, 0.5) is 19.0 Å². The Balaban J connectivity index is 0.00000243. The number of pyridine rings is 1. The number of carbonyl (C=O) groups is 1. The van der Waals surface area contributed by atoms with Crippen LogP contribution in [0.25, 0.3) is 0 Å². The standard InChI is InChI=1S/C16H20ClF3N4O.ClH/c17-13-7-11(16(18,19)20)8-22-14(13)23-4-1-10(2-5-23)15(25)24-6-3-12(21)9-24;/h7-8,10,12H,1-6,9,21H2;1H/t12-;/m1./s1. The molecule has 1 aromatic heterocycles. The first-order valence-electron chi connectivity index (χ1n) is 8.28. The van der Waals surface area contributed by atoms with Gasteiger partial charge in [0.15, 0.2) is 0 Å². The van der Waals surface area contributed by atoms with Gasteiger partial charge < -0.3 is 15.5 Å². The maximum Gasteiger partial charge on any atom is 0.417 e. The van der Waals surface area contributed by atoms with E-state index in [1.807, 2.05) is 9.80 Å². The van der Waals surface area contributed by atoms with Gasteiger partial charge in [-0.2, -0.15) is 13.2 Å². The SMILES string of the molecule is Cl.N[C@@H]1CCN(C(=O)C2CCN(c3ncc(C(F)(F)F)cc3Cl)CC2)C1. The quantitative estimate of drug-likeness (QED) is 0.810. The molecule has 0 bridgehead atoms. The van der Waals surface area contributed by atoms with E-state index in [0.717, 1.165) is 18.7 Å². The molecule has 146 valence electrons. The van der Waals surface area contributed by atoms with Crippen molar-refractivity contribution in [1.82, 2.24) is 9.88 Å². The molecular formula is C16H21Cl2F3N4O. The maximum atomic E-state index is 12.7. The zero-order chi connectivity index (χ0) is 18.2. The maximum absolute atomic E-state index is 12.7. The highest BCUT2D eigenvalue weighted by Gasteiger charge is 2.34. The molecule has 3 rings (SSSR count). The molecule has 2 saturated heterocycles. The van der Waals surface area contributed by atoms with Crippen LogP contribution in [0.2, 0.25) is 5.02 Å². The smallest absolute Gasteiger partial charge is 0.355 e. The molecular weight excluding hydrogens is 392 g/mol. The monoisotopic (exact) mass is 412 g/mol. The number of nitrogens with zero attached hydrogens (tertiary/aromatic N) is 3. The number of likely N-dealkylation sites (tertiary alicyclic amines) is 1. The van der Waals surface area contributed by atoms with Crippen molar-refractivity contribution in [1.29, 1.82) is 0 Å². The lowest BCUT2D eigenvalue weighted by Crippen LogP contribution is -2.42. The van der Waals surface area contributed by atoms with Gasteiger partial charge in [-0.1, -0.05) is 11.6 Å². The van der Waals surface area contributed by atoms with Gasteiger partial charge in [0, 0.05) is 44.3 Å². The van der Waals surface area contributed by atoms with Crippen LogP contribution >= 0.6 is 24.0 Å². The lowest BCUT2D eigenvalue weighted by atomic mass is 9.95. The molecule has 0 aliphatic carbocycles. The normalized spacial score (nSPS) is 21.7. The average Bonchev–Trinajstić information content (AvgIpc) is 3.00. The fraction of sp³-hybridized carbons (Fsp3) is 0.625. The van der Waals surface area contributed by atoms with Crippen LogP contribution < -0.4 is 10.6 Å². The highest BCUT2D eigenvalue weighted by atomic mass is 35.5. The molecule has 1 aromatic rings. The summed E-state index contributed by atoms with van der Waals surface area (Å²) in [6.45, 7) is 2.38. The van der Waals surface area contributed by atoms with Crippen LogP contribution in [0, 0.1) is 5.92 Å². The molecule has 3 heterocycles. The summed E-state index contributed by atoms with van der Waals surface area (Å²) in [7, 11) is 0. The van der Waals surface area contributed by atoms with Crippen LogP contribution in [0.15, 0.2) is 12.3 Å². The number of hydrogen-bond donors (Lipinski definition) is 1. The Morgan fingerprint density at radius 3 is 2.38 bits per heavy atom. The van der Waals surface area contributed by atoms with Crippen LogP contribution in [0.5, 0.6) is 0 Å². The van der Waals surface area contributed by atoms with E-state index < -0.39 is 11.7 Å². The highest BCUT2D eigenvalue weighted by molar-refractivity contribution is 6.33. The van der Waals surface area contributed by atoms with E-state index in [4.69, 9.17) is 17.3 Å². The van der Waals surface area contributed by atoms with Crippen molar-refractivity contribution in [3.63, 3.8) is 0 Å². The van der Waals surface area contributed by atoms with Crippen LogP contribution in [-0.2, 0) is 11.0 Å². The van der Waals surface area contributed by atoms with E-state index in [-0.39, 0.29) is 35.3 Å². The number of amides is 1. The van der Waals surface area contributed by atoms with E-state index in [0.29, 0.717) is 44.8 Å². The molecule has 2 N–H and O–H groups in total. The van der Waals surface area contributed by atoms with Crippen molar-refractivity contribution in [3.8, 4) is 0 Å². The van der Waals surface area contributed by atoms with Gasteiger partial charge in [-0.3, -0.25) is 4.79 Å². The van der Waals surface area contributed by atoms with Gasteiger partial charge in [-0.25, -0.2) is 4.98 Å². The van der Waals surface area contributed by atoms with Gasteiger partial charge in [-0.05, 0) is 25.3 Å². The minimum atomic E-state index is -4.47. The predicted octanol–water partition coefficient (Wildman–Crippen LogP) is 2.95. The van der Waals surface area contributed by atoms with Crippen molar-refractivity contribution in [2.45, 2.75) is 31.5 Å². The van der Waals surface area contributed by atoms with Crippen LogP contribution in [-0.4, -0.2) is 48.0 Å². The van der Waals surface area contributed by atoms with Crippen molar-refractivity contribution < 1.29 is 18.0 Å². The molecule has 26 heavy (non-hydrogen) atoms. The molecule has 0 saturated carbocycles. The van der Waals surface area contributed by atoms with Crippen molar-refractivity contribution in [2.24, 2.45) is 11.7 Å². The molecule has 1 atom stereocenters. The molecule has 0 radical (unpaired) electrons. The van der Waals surface area contributed by atoms with Gasteiger partial charge in [0.2, 0.25) is 5.91 Å². The minimum absolute atomic E-state index is 0. The van der Waals surface area contributed by atoms with E-state index in [1.165, 1.54) is 0 Å². The largest absolute Gasteiger partial charge is 0.417 e. The number of halogens is 5. The molecule has 2 aliphatic rings. The van der Waals surface area contributed by atoms with Gasteiger partial charge in [0.25, 0.3) is 0 Å². The summed E-state index contributed by atoms with van der Waals surface area (Å²) in [5.74, 6) is 0.387. The Kier molecular flexibility index (Phi) is 6.63. The summed E-state index contributed by atoms with van der Waals surface area (Å²) < 4.78 is 38.1. The summed E-state index contributed by atoms with van der Waals surface area (Å²) in [4.78, 5) is 20.0. The molecule has 2 aliphatic heterocycles. The van der Waals surface area contributed by atoms with Crippen LogP contribution in [0.3, 0.4) is 0 Å². The Labute approximate surface area is 161 Å². The summed E-state index contributed by atoms with van der Waals surface area (Å²) in [6, 6.07) is 0.950. The predicted molar refractivity (Wildman–Crippen MR) is 95.6 cm³/mol. The Bertz CT molecular complexity index is 651. The van der Waals surface area contributed by atoms with Gasteiger partial charge in [-0.15, -0.1) is 12.4 Å². The molecule has 1 amide bonds. The third-order valence-electron chi connectivity index (χ3n) is 4.83. The molecule has 2 fully saturated rings. The first-order chi connectivity index (χ1) is 11.8. The second kappa shape index (κ2) is 8.19. The summed E-state index contributed by atoms with van der Waals surface area (Å²) in [5.41, 5.74) is 4.98. The second-order valence-corrected chi connectivity index (χ2v) is 7.03. The Morgan fingerprint density at radius 1 is 1.23 bits per heavy atom. The van der Waals surface area contributed by atoms with E-state index in [1.54, 1.807) is 0 Å². The Morgan fingerprint density at radius 2 is 1.88 bits per heavy atom. The number of alkyl halides is 3. The van der Waals surface area contributed by atoms with Crippen LogP contribution in [0.1, 0.15) is 24.8 Å². The molecule has 5 nitrogen and oxygen atoms in total. The molecule has 0 unspecified atom stereocenters. The number of anilines is 1. The summed E-state index contributed by atoms with van der Waals surface area (Å²) >= 11 is 5.99. The molecule has 0 spiro atoms. The number of nitrogens with two attached hydrogens (primary N) is 1. The topological polar surface area (TPSA) is 62.5 Å². The lowest BCUT2D eigenvalue weighted by Gasteiger charge is -2.34. The lowest BCUT2D eigenvalue weighted by molar-refractivity contribution is -0.138. The number of rotatable bonds is 2. The number of carbonyl (C=O) groups excluding carboxylic acids is 1. The second-order valence-electron chi connectivity index (χ2n) is 6.62. The highest BCUT2D eigenvalue weighted by Crippen LogP contribution is 2.34. The first kappa shape index (κ1) is 21.1. The van der Waals surface area contributed by atoms with E-state index in [2.05, 4.69) is 4.98 Å². The van der Waals surface area contributed by atoms with Gasteiger partial charge in [0.05, 0.1) is 10.6 Å². The molecule has 0 aromatic carbocycles. The van der Waals surface area contributed by atoms with Gasteiger partial charge >= 0.3 is 6.18 Å². The van der Waals surface area contributed by atoms with E-state index >= 15 is 0 Å². The summed E-state index contributed by atoms with van der Waals surface area (Å²) in [6.07, 6.45) is -1.59. The van der Waals surface area contributed by atoms with Crippen molar-refractivity contribution >= 4 is 35.7 Å². The third kappa shape index (κ3) is 4.53. The fourth-order valence-electron chi connectivity index (χ4n) is 3.40. The number of piperidine rings is 1. The van der Waals surface area contributed by atoms with Crippen molar-refractivity contribution in [2.75, 3.05) is 31.1 Å². The Hall–Kier alpha value is -1.25. The third-order valence-corrected chi connectivity index (χ3v) is 5.11. The molecule has 10 heteroatoms. The average molecular weight is 413 g/mol. The minimum Gasteiger partial charge on any atom is -0.355 e. The summed E-state index contributed by atoms with van der Waals surface area (Å²) in [5, 5.41) is -0.0230. The van der Waals surface area contributed by atoms with Gasteiger partial charge in [0.1, 0.15) is 5.82 Å².